The second-order valence-electron chi connectivity index (χ2n) is 6.23. The van der Waals surface area contributed by atoms with Gasteiger partial charge in [0.15, 0.2) is 10.4 Å². The van der Waals surface area contributed by atoms with Crippen LogP contribution < -0.4 is 5.32 Å². The van der Waals surface area contributed by atoms with Crippen LogP contribution in [0, 0.1) is 0 Å². The molecule has 3 rings (SSSR count). The highest BCUT2D eigenvalue weighted by molar-refractivity contribution is 8.00. The maximum absolute atomic E-state index is 12.6. The molecule has 3 aromatic rings. The molecule has 1 heterocycles. The summed E-state index contributed by atoms with van der Waals surface area (Å²) < 4.78 is 7.46. The van der Waals surface area contributed by atoms with Crippen LogP contribution in [0.4, 0.5) is 0 Å². The molecule has 0 saturated heterocycles. The maximum Gasteiger partial charge on any atom is 0.339 e. The van der Waals surface area contributed by atoms with Gasteiger partial charge in [-0.15, -0.1) is 11.3 Å². The number of thiazole rings is 1. The summed E-state index contributed by atoms with van der Waals surface area (Å²) in [6.07, 6.45) is 0.00197. The van der Waals surface area contributed by atoms with E-state index < -0.39 is 12.1 Å². The summed E-state index contributed by atoms with van der Waals surface area (Å²) in [4.78, 5) is 29.1. The van der Waals surface area contributed by atoms with Crippen LogP contribution in [0.3, 0.4) is 0 Å². The Labute approximate surface area is 172 Å². The van der Waals surface area contributed by atoms with E-state index in [4.69, 9.17) is 4.74 Å². The molecule has 146 valence electrons. The smallest absolute Gasteiger partial charge is 0.339 e. The van der Waals surface area contributed by atoms with E-state index in [-0.39, 0.29) is 5.91 Å². The molecule has 28 heavy (non-hydrogen) atoms. The molecule has 0 aliphatic rings. The average Bonchev–Trinajstić information content (AvgIpc) is 3.13. The first-order valence-electron chi connectivity index (χ1n) is 9.13. The molecule has 1 amide bonds. The van der Waals surface area contributed by atoms with Crippen LogP contribution in [0.2, 0.25) is 0 Å². The number of benzene rings is 2. The van der Waals surface area contributed by atoms with Gasteiger partial charge in [0.2, 0.25) is 0 Å². The van der Waals surface area contributed by atoms with E-state index in [9.17, 15) is 9.59 Å². The minimum atomic E-state index is -0.830. The van der Waals surface area contributed by atoms with E-state index in [1.807, 2.05) is 43.3 Å². The lowest BCUT2D eigenvalue weighted by molar-refractivity contribution is -0.129. The second-order valence-corrected chi connectivity index (χ2v) is 8.49. The Hall–Kier alpha value is -2.38. The molecule has 1 N–H and O–H groups in total. The Morgan fingerprint density at radius 3 is 2.71 bits per heavy atom. The molecule has 0 radical (unpaired) electrons. The van der Waals surface area contributed by atoms with E-state index in [0.29, 0.717) is 17.9 Å². The summed E-state index contributed by atoms with van der Waals surface area (Å²) in [5, 5.41) is 2.74. The van der Waals surface area contributed by atoms with E-state index in [0.717, 1.165) is 26.5 Å². The molecule has 0 saturated carbocycles. The lowest BCUT2D eigenvalue weighted by atomic mass is 10.1. The van der Waals surface area contributed by atoms with Crippen molar-refractivity contribution in [2.45, 2.75) is 36.5 Å². The minimum Gasteiger partial charge on any atom is -0.449 e. The zero-order chi connectivity index (χ0) is 19.9. The summed E-state index contributed by atoms with van der Waals surface area (Å²) in [6.45, 7) is 4.12. The molecule has 0 fully saturated rings. The zero-order valence-electron chi connectivity index (χ0n) is 15.8. The van der Waals surface area contributed by atoms with Crippen LogP contribution in [-0.2, 0) is 15.3 Å². The van der Waals surface area contributed by atoms with Crippen molar-refractivity contribution in [3.8, 4) is 0 Å². The first-order chi connectivity index (χ1) is 13.6. The number of hydrogen-bond donors (Lipinski definition) is 1. The molecular weight excluding hydrogens is 392 g/mol. The number of aromatic nitrogens is 1. The fourth-order valence-electron chi connectivity index (χ4n) is 2.57. The molecule has 1 atom stereocenters. The van der Waals surface area contributed by atoms with Gasteiger partial charge in [0.1, 0.15) is 0 Å². The van der Waals surface area contributed by atoms with Gasteiger partial charge in [-0.3, -0.25) is 4.79 Å². The first-order valence-corrected chi connectivity index (χ1v) is 10.9. The fraction of sp³-hybridized carbons (Fsp3) is 0.286. The Morgan fingerprint density at radius 2 is 1.93 bits per heavy atom. The SMILES string of the molecule is CCCNC(=O)[C@@H](C)OC(=O)c1ccccc1CSc1nc2ccccc2s1. The first kappa shape index (κ1) is 20.4. The number of rotatable bonds is 8. The van der Waals surface area contributed by atoms with Crippen LogP contribution >= 0.6 is 23.1 Å². The van der Waals surface area contributed by atoms with Crippen molar-refractivity contribution in [1.82, 2.24) is 10.3 Å². The Balaban J connectivity index is 1.66. The average molecular weight is 415 g/mol. The molecule has 2 aromatic carbocycles. The number of ether oxygens (including phenoxy) is 1. The zero-order valence-corrected chi connectivity index (χ0v) is 17.4. The minimum absolute atomic E-state index is 0.281. The van der Waals surface area contributed by atoms with E-state index >= 15 is 0 Å². The number of amides is 1. The predicted octanol–water partition coefficient (Wildman–Crippen LogP) is 4.66. The number of para-hydroxylation sites is 1. The molecule has 0 bridgehead atoms. The summed E-state index contributed by atoms with van der Waals surface area (Å²) >= 11 is 3.22. The molecule has 0 aliphatic heterocycles. The largest absolute Gasteiger partial charge is 0.449 e. The number of nitrogens with one attached hydrogen (secondary N) is 1. The van der Waals surface area contributed by atoms with Gasteiger partial charge >= 0.3 is 5.97 Å². The number of nitrogens with zero attached hydrogens (tertiary/aromatic N) is 1. The summed E-state index contributed by atoms with van der Waals surface area (Å²) in [5.74, 6) is -0.169. The molecule has 1 aromatic heterocycles. The third kappa shape index (κ3) is 5.11. The molecular formula is C21H22N2O3S2. The maximum atomic E-state index is 12.6. The third-order valence-electron chi connectivity index (χ3n) is 4.06. The summed E-state index contributed by atoms with van der Waals surface area (Å²) in [5.41, 5.74) is 2.32. The molecule has 0 spiro atoms. The van der Waals surface area contributed by atoms with Crippen LogP contribution in [0.15, 0.2) is 52.9 Å². The number of thioether (sulfide) groups is 1. The number of fused-ring (bicyclic) bond motifs is 1. The number of hydrogen-bond acceptors (Lipinski definition) is 6. The van der Waals surface area contributed by atoms with Crippen LogP contribution in [0.1, 0.15) is 36.2 Å². The van der Waals surface area contributed by atoms with E-state index in [1.165, 1.54) is 0 Å². The monoisotopic (exact) mass is 414 g/mol. The highest BCUT2D eigenvalue weighted by Crippen LogP contribution is 2.32. The highest BCUT2D eigenvalue weighted by Gasteiger charge is 2.20. The van der Waals surface area contributed by atoms with Gasteiger partial charge in [-0.2, -0.15) is 0 Å². The van der Waals surface area contributed by atoms with Crippen molar-refractivity contribution in [1.29, 1.82) is 0 Å². The lowest BCUT2D eigenvalue weighted by Crippen LogP contribution is -2.36. The molecule has 5 nitrogen and oxygen atoms in total. The van der Waals surface area contributed by atoms with E-state index in [1.54, 1.807) is 42.2 Å². The predicted molar refractivity (Wildman–Crippen MR) is 114 cm³/mol. The van der Waals surface area contributed by atoms with Gasteiger partial charge in [0.05, 0.1) is 15.8 Å². The number of carbonyl (C=O) groups is 2. The highest BCUT2D eigenvalue weighted by atomic mass is 32.2. The van der Waals surface area contributed by atoms with Crippen molar-refractivity contribution in [2.24, 2.45) is 0 Å². The molecule has 0 aliphatic carbocycles. The topological polar surface area (TPSA) is 68.3 Å². The molecule has 0 unspecified atom stereocenters. The Morgan fingerprint density at radius 1 is 1.18 bits per heavy atom. The van der Waals surface area contributed by atoms with Crippen LogP contribution in [-0.4, -0.2) is 29.5 Å². The normalized spacial score (nSPS) is 11.9. The van der Waals surface area contributed by atoms with Crippen molar-refractivity contribution < 1.29 is 14.3 Å². The van der Waals surface area contributed by atoms with E-state index in [2.05, 4.69) is 10.3 Å². The summed E-state index contributed by atoms with van der Waals surface area (Å²) in [7, 11) is 0. The van der Waals surface area contributed by atoms with Gasteiger partial charge < -0.3 is 10.1 Å². The third-order valence-corrected chi connectivity index (χ3v) is 6.29. The second kappa shape index (κ2) is 9.71. The van der Waals surface area contributed by atoms with Gasteiger partial charge in [-0.1, -0.05) is 49.0 Å². The van der Waals surface area contributed by atoms with Gasteiger partial charge in [0, 0.05) is 12.3 Å². The summed E-state index contributed by atoms with van der Waals surface area (Å²) in [6, 6.07) is 15.3. The van der Waals surface area contributed by atoms with Gasteiger partial charge in [0.25, 0.3) is 5.91 Å². The van der Waals surface area contributed by atoms with Crippen molar-refractivity contribution in [2.75, 3.05) is 6.54 Å². The van der Waals surface area contributed by atoms with Crippen molar-refractivity contribution in [3.63, 3.8) is 0 Å². The van der Waals surface area contributed by atoms with Crippen LogP contribution in [0.25, 0.3) is 10.2 Å². The lowest BCUT2D eigenvalue weighted by Gasteiger charge is -2.14. The number of carbonyl (C=O) groups excluding carboxylic acids is 2. The van der Waals surface area contributed by atoms with Crippen molar-refractivity contribution in [3.05, 3.63) is 59.7 Å². The Bertz CT molecular complexity index is 938. The van der Waals surface area contributed by atoms with Crippen molar-refractivity contribution >= 4 is 45.2 Å². The quantitative estimate of drug-likeness (QED) is 0.429. The molecule has 7 heteroatoms. The van der Waals surface area contributed by atoms with Gasteiger partial charge in [-0.25, -0.2) is 9.78 Å². The Kier molecular flexibility index (Phi) is 7.06. The van der Waals surface area contributed by atoms with Crippen LogP contribution in [0.5, 0.6) is 0 Å². The number of esters is 1. The van der Waals surface area contributed by atoms with Gasteiger partial charge in [-0.05, 0) is 37.1 Å². The fourth-order valence-corrected chi connectivity index (χ4v) is 4.64. The standard InChI is InChI=1S/C21H22N2O3S2/c1-3-12-22-19(24)14(2)26-20(25)16-9-5-4-8-15(16)13-27-21-23-17-10-6-7-11-18(17)28-21/h4-11,14H,3,12-13H2,1-2H3,(H,22,24)/t14-/m1/s1.